The number of rotatable bonds is 3. The van der Waals surface area contributed by atoms with Crippen molar-refractivity contribution in [3.8, 4) is 17.2 Å². The third-order valence-corrected chi connectivity index (χ3v) is 6.34. The molecule has 3 heterocycles. The van der Waals surface area contributed by atoms with Gasteiger partial charge in [-0.2, -0.15) is 5.10 Å². The molecule has 3 aromatic rings. The van der Waals surface area contributed by atoms with Crippen LogP contribution >= 0.6 is 15.9 Å². The summed E-state index contributed by atoms with van der Waals surface area (Å²) in [6.07, 6.45) is 0.191. The Balaban J connectivity index is 1.42. The van der Waals surface area contributed by atoms with E-state index in [1.807, 2.05) is 35.3 Å². The van der Waals surface area contributed by atoms with E-state index in [2.05, 4.69) is 22.0 Å². The topological polar surface area (TPSA) is 86.4 Å². The number of ether oxygens (including phenoxy) is 3. The highest BCUT2D eigenvalue weighted by Gasteiger charge is 2.41. The fourth-order valence-corrected chi connectivity index (χ4v) is 4.67. The van der Waals surface area contributed by atoms with Gasteiger partial charge in [0.2, 0.25) is 13.0 Å². The molecule has 0 fully saturated rings. The van der Waals surface area contributed by atoms with Crippen LogP contribution < -0.4 is 14.2 Å². The highest BCUT2D eigenvalue weighted by Crippen LogP contribution is 2.48. The minimum Gasteiger partial charge on any atom is -0.464 e. The summed E-state index contributed by atoms with van der Waals surface area (Å²) >= 11 is 3.56. The Morgan fingerprint density at radius 2 is 1.78 bits per heavy atom. The largest absolute Gasteiger partial charge is 0.464 e. The summed E-state index contributed by atoms with van der Waals surface area (Å²) in [6, 6.07) is 18.1. The van der Waals surface area contributed by atoms with Gasteiger partial charge in [0.1, 0.15) is 5.75 Å². The van der Waals surface area contributed by atoms with Crippen molar-refractivity contribution in [2.75, 3.05) is 6.79 Å². The molecule has 6 rings (SSSR count). The van der Waals surface area contributed by atoms with Crippen molar-refractivity contribution in [1.29, 1.82) is 0 Å². The molecule has 0 N–H and O–H groups in total. The molecule has 0 bridgehead atoms. The smallest absolute Gasteiger partial charge is 0.269 e. The van der Waals surface area contributed by atoms with Crippen LogP contribution in [-0.4, -0.2) is 22.4 Å². The van der Waals surface area contributed by atoms with Crippen LogP contribution in [-0.2, 0) is 0 Å². The lowest BCUT2D eigenvalue weighted by molar-refractivity contribution is -0.384. The monoisotopic (exact) mass is 493 g/mol. The summed E-state index contributed by atoms with van der Waals surface area (Å²) in [4.78, 5) is 10.7. The average molecular weight is 494 g/mol. The first-order valence-electron chi connectivity index (χ1n) is 10.0. The first-order chi connectivity index (χ1) is 15.6. The first kappa shape index (κ1) is 19.1. The Kier molecular flexibility index (Phi) is 4.32. The van der Waals surface area contributed by atoms with Crippen molar-refractivity contribution in [2.45, 2.75) is 18.7 Å². The quantitative estimate of drug-likeness (QED) is 0.362. The lowest BCUT2D eigenvalue weighted by atomic mass is 9.95. The van der Waals surface area contributed by atoms with Gasteiger partial charge >= 0.3 is 0 Å². The standard InChI is InChI=1S/C23H16BrN3O5/c24-15-4-8-20-17(10-15)19-11-18(14-3-7-21-22(9-14)31-12-30-21)25-26(19)23(32-20)13-1-5-16(6-2-13)27(28)29/h1-10,19,23H,11-12H2/t19-,23-/m0/s1. The van der Waals surface area contributed by atoms with Crippen molar-refractivity contribution in [3.63, 3.8) is 0 Å². The van der Waals surface area contributed by atoms with Crippen LogP contribution in [0.1, 0.15) is 35.4 Å². The van der Waals surface area contributed by atoms with E-state index < -0.39 is 11.2 Å². The predicted octanol–water partition coefficient (Wildman–Crippen LogP) is 5.33. The number of hydrogen-bond acceptors (Lipinski definition) is 7. The maximum Gasteiger partial charge on any atom is 0.269 e. The molecule has 0 aromatic heterocycles. The van der Waals surface area contributed by atoms with E-state index in [9.17, 15) is 10.1 Å². The highest BCUT2D eigenvalue weighted by atomic mass is 79.9. The van der Waals surface area contributed by atoms with E-state index in [4.69, 9.17) is 19.3 Å². The van der Waals surface area contributed by atoms with Crippen molar-refractivity contribution >= 4 is 27.3 Å². The number of nitrogens with zero attached hydrogens (tertiary/aromatic N) is 3. The third-order valence-electron chi connectivity index (χ3n) is 5.85. The third kappa shape index (κ3) is 3.08. The van der Waals surface area contributed by atoms with Gasteiger partial charge in [0.15, 0.2) is 11.5 Å². The summed E-state index contributed by atoms with van der Waals surface area (Å²) in [7, 11) is 0. The molecule has 3 aromatic carbocycles. The second-order valence-electron chi connectivity index (χ2n) is 7.72. The molecule has 32 heavy (non-hydrogen) atoms. The second kappa shape index (κ2) is 7.23. The summed E-state index contributed by atoms with van der Waals surface area (Å²) in [5, 5.41) is 17.9. The van der Waals surface area contributed by atoms with Crippen LogP contribution in [0.15, 0.2) is 70.2 Å². The number of halogens is 1. The number of hydrazone groups is 1. The zero-order valence-corrected chi connectivity index (χ0v) is 18.2. The average Bonchev–Trinajstić information content (AvgIpc) is 3.45. The van der Waals surface area contributed by atoms with Crippen molar-refractivity contribution < 1.29 is 19.1 Å². The van der Waals surface area contributed by atoms with Gasteiger partial charge in [0.25, 0.3) is 5.69 Å². The zero-order chi connectivity index (χ0) is 21.8. The fraction of sp³-hybridized carbons (Fsp3) is 0.174. The van der Waals surface area contributed by atoms with Gasteiger partial charge in [-0.05, 0) is 48.5 Å². The van der Waals surface area contributed by atoms with Gasteiger partial charge in [-0.3, -0.25) is 10.1 Å². The minimum absolute atomic E-state index is 0.0307. The van der Waals surface area contributed by atoms with Crippen molar-refractivity contribution in [1.82, 2.24) is 5.01 Å². The number of nitro groups is 1. The molecule has 0 aliphatic carbocycles. The van der Waals surface area contributed by atoms with Gasteiger partial charge in [0, 0.05) is 39.7 Å². The molecule has 0 amide bonds. The molecule has 3 aliphatic heterocycles. The first-order valence-corrected chi connectivity index (χ1v) is 10.8. The molecule has 0 spiro atoms. The highest BCUT2D eigenvalue weighted by molar-refractivity contribution is 9.10. The summed E-state index contributed by atoms with van der Waals surface area (Å²) < 4.78 is 18.3. The molecule has 160 valence electrons. The van der Waals surface area contributed by atoms with Gasteiger partial charge < -0.3 is 14.2 Å². The number of nitro benzene ring substituents is 1. The van der Waals surface area contributed by atoms with E-state index in [0.29, 0.717) is 12.2 Å². The summed E-state index contributed by atoms with van der Waals surface area (Å²) in [6.45, 7) is 0.220. The Morgan fingerprint density at radius 3 is 2.59 bits per heavy atom. The van der Waals surface area contributed by atoms with Crippen LogP contribution in [0.2, 0.25) is 0 Å². The van der Waals surface area contributed by atoms with Crippen LogP contribution in [0.4, 0.5) is 5.69 Å². The molecule has 8 nitrogen and oxygen atoms in total. The second-order valence-corrected chi connectivity index (χ2v) is 8.63. The number of fused-ring (bicyclic) bond motifs is 4. The maximum atomic E-state index is 11.1. The lowest BCUT2D eigenvalue weighted by Gasteiger charge is -2.38. The molecular formula is C23H16BrN3O5. The Morgan fingerprint density at radius 1 is 1.00 bits per heavy atom. The number of non-ortho nitro benzene ring substituents is 1. The van der Waals surface area contributed by atoms with Crippen LogP contribution in [0.3, 0.4) is 0 Å². The molecule has 0 saturated heterocycles. The van der Waals surface area contributed by atoms with E-state index in [1.165, 1.54) is 12.1 Å². The normalized spacial score (nSPS) is 20.3. The molecule has 9 heteroatoms. The Hall–Kier alpha value is -3.59. The predicted molar refractivity (Wildman–Crippen MR) is 119 cm³/mol. The molecule has 0 saturated carbocycles. The maximum absolute atomic E-state index is 11.1. The van der Waals surface area contributed by atoms with Gasteiger partial charge in [-0.15, -0.1) is 0 Å². The van der Waals surface area contributed by atoms with Gasteiger partial charge in [0.05, 0.1) is 16.7 Å². The zero-order valence-electron chi connectivity index (χ0n) is 16.6. The van der Waals surface area contributed by atoms with E-state index in [0.717, 1.165) is 38.4 Å². The van der Waals surface area contributed by atoms with E-state index >= 15 is 0 Å². The molecule has 0 radical (unpaired) electrons. The molecule has 0 unspecified atom stereocenters. The number of benzene rings is 3. The number of hydrogen-bond donors (Lipinski definition) is 0. The van der Waals surface area contributed by atoms with Gasteiger partial charge in [-0.1, -0.05) is 15.9 Å². The molecular weight excluding hydrogens is 478 g/mol. The van der Waals surface area contributed by atoms with Crippen molar-refractivity contribution in [3.05, 3.63) is 91.9 Å². The van der Waals surface area contributed by atoms with Gasteiger partial charge in [-0.25, -0.2) is 5.01 Å². The lowest BCUT2D eigenvalue weighted by Crippen LogP contribution is -2.33. The molecule has 3 aliphatic rings. The summed E-state index contributed by atoms with van der Waals surface area (Å²) in [5.74, 6) is 2.22. The SMILES string of the molecule is O=[N+]([O-])c1ccc([C@@H]2Oc3ccc(Br)cc3[C@@H]3CC(c4ccc5c(c4)OCO5)=NN32)cc1. The van der Waals surface area contributed by atoms with E-state index in [-0.39, 0.29) is 18.5 Å². The van der Waals surface area contributed by atoms with Crippen LogP contribution in [0.25, 0.3) is 0 Å². The Labute approximate surface area is 191 Å². The minimum atomic E-state index is -0.499. The Bertz CT molecular complexity index is 1280. The summed E-state index contributed by atoms with van der Waals surface area (Å²) in [5.41, 5.74) is 3.75. The van der Waals surface area contributed by atoms with Crippen LogP contribution in [0.5, 0.6) is 17.2 Å². The van der Waals surface area contributed by atoms with Crippen molar-refractivity contribution in [2.24, 2.45) is 5.10 Å². The molecule has 2 atom stereocenters. The fourth-order valence-electron chi connectivity index (χ4n) is 4.29. The van der Waals surface area contributed by atoms with E-state index in [1.54, 1.807) is 12.1 Å². The van der Waals surface area contributed by atoms with Crippen LogP contribution in [0, 0.1) is 10.1 Å².